The zero-order chi connectivity index (χ0) is 10.4. The molecule has 84 valence electrons. The van der Waals surface area contributed by atoms with Crippen molar-refractivity contribution in [1.82, 2.24) is 0 Å². The lowest BCUT2D eigenvalue weighted by Gasteiger charge is -2.21. The summed E-state index contributed by atoms with van der Waals surface area (Å²) >= 11 is 1.89. The molecule has 0 amide bonds. The lowest BCUT2D eigenvalue weighted by atomic mass is 9.95. The molecular formula is C12H24OS. The molecule has 14 heavy (non-hydrogen) atoms. The predicted molar refractivity (Wildman–Crippen MR) is 64.8 cm³/mol. The molecule has 1 aliphatic rings. The highest BCUT2D eigenvalue weighted by Crippen LogP contribution is 2.27. The van der Waals surface area contributed by atoms with Crippen LogP contribution < -0.4 is 0 Å². The first-order valence-electron chi connectivity index (χ1n) is 6.00. The first-order valence-corrected chi connectivity index (χ1v) is 7.04. The minimum atomic E-state index is -0.0551. The summed E-state index contributed by atoms with van der Waals surface area (Å²) in [5.41, 5.74) is 0. The molecule has 0 aromatic rings. The maximum absolute atomic E-state index is 10.0. The second-order valence-electron chi connectivity index (χ2n) is 4.70. The van der Waals surface area contributed by atoms with Gasteiger partial charge >= 0.3 is 0 Å². The number of rotatable bonds is 4. The largest absolute Gasteiger partial charge is 0.392 e. The molecule has 2 heteroatoms. The minimum Gasteiger partial charge on any atom is -0.392 e. The third-order valence-corrected chi connectivity index (χ3v) is 4.24. The van der Waals surface area contributed by atoms with E-state index in [-0.39, 0.29) is 6.10 Å². The Labute approximate surface area is 92.7 Å². The Bertz CT molecular complexity index is 139. The number of hydrogen-bond donors (Lipinski definition) is 1. The average molecular weight is 216 g/mol. The van der Waals surface area contributed by atoms with Gasteiger partial charge in [-0.15, -0.1) is 0 Å². The van der Waals surface area contributed by atoms with Crippen LogP contribution in [0.3, 0.4) is 0 Å². The lowest BCUT2D eigenvalue weighted by molar-refractivity contribution is 0.120. The van der Waals surface area contributed by atoms with E-state index in [9.17, 15) is 5.11 Å². The van der Waals surface area contributed by atoms with Crippen LogP contribution in [-0.2, 0) is 0 Å². The quantitative estimate of drug-likeness (QED) is 0.726. The van der Waals surface area contributed by atoms with E-state index < -0.39 is 0 Å². The first kappa shape index (κ1) is 12.4. The monoisotopic (exact) mass is 216 g/mol. The second-order valence-corrected chi connectivity index (χ2v) is 6.31. The van der Waals surface area contributed by atoms with Crippen LogP contribution in [0.1, 0.15) is 52.4 Å². The topological polar surface area (TPSA) is 20.2 Å². The van der Waals surface area contributed by atoms with Crippen LogP contribution in [0.4, 0.5) is 0 Å². The van der Waals surface area contributed by atoms with Crippen LogP contribution >= 0.6 is 11.8 Å². The summed E-state index contributed by atoms with van der Waals surface area (Å²) in [5, 5.41) is 10.7. The van der Waals surface area contributed by atoms with Crippen molar-refractivity contribution in [2.45, 2.75) is 63.7 Å². The Morgan fingerprint density at radius 1 is 1.14 bits per heavy atom. The van der Waals surface area contributed by atoms with E-state index >= 15 is 0 Å². The molecule has 0 saturated heterocycles. The average Bonchev–Trinajstić information content (AvgIpc) is 2.42. The van der Waals surface area contributed by atoms with E-state index in [0.717, 1.165) is 5.75 Å². The molecule has 0 aliphatic heterocycles. The fraction of sp³-hybridized carbons (Fsp3) is 1.00. The van der Waals surface area contributed by atoms with Crippen molar-refractivity contribution in [2.24, 2.45) is 5.92 Å². The first-order chi connectivity index (χ1) is 6.70. The number of thioether (sulfide) groups is 1. The van der Waals surface area contributed by atoms with Gasteiger partial charge in [0.05, 0.1) is 6.10 Å². The van der Waals surface area contributed by atoms with Crippen LogP contribution in [-0.4, -0.2) is 22.2 Å². The van der Waals surface area contributed by atoms with Crippen LogP contribution in [0.2, 0.25) is 0 Å². The maximum atomic E-state index is 10.0. The summed E-state index contributed by atoms with van der Waals surface area (Å²) in [4.78, 5) is 0. The van der Waals surface area contributed by atoms with Crippen LogP contribution in [0.25, 0.3) is 0 Å². The predicted octanol–water partition coefficient (Wildman–Crippen LogP) is 3.46. The van der Waals surface area contributed by atoms with Gasteiger partial charge in [0.2, 0.25) is 0 Å². The lowest BCUT2D eigenvalue weighted by Crippen LogP contribution is -2.23. The van der Waals surface area contributed by atoms with Crippen LogP contribution in [0, 0.1) is 5.92 Å². The van der Waals surface area contributed by atoms with Crippen molar-refractivity contribution in [2.75, 3.05) is 5.75 Å². The van der Waals surface area contributed by atoms with Crippen molar-refractivity contribution in [1.29, 1.82) is 0 Å². The Balaban J connectivity index is 2.23. The summed E-state index contributed by atoms with van der Waals surface area (Å²) in [6.07, 6.45) is 7.85. The molecule has 1 N–H and O–H groups in total. The Hall–Kier alpha value is 0.310. The molecule has 1 atom stereocenters. The molecule has 0 aromatic carbocycles. The van der Waals surface area contributed by atoms with Gasteiger partial charge in [-0.05, 0) is 24.0 Å². The fourth-order valence-corrected chi connectivity index (χ4v) is 2.98. The van der Waals surface area contributed by atoms with Crippen molar-refractivity contribution in [3.05, 3.63) is 0 Å². The minimum absolute atomic E-state index is 0.0551. The van der Waals surface area contributed by atoms with Crippen molar-refractivity contribution in [3.63, 3.8) is 0 Å². The number of aliphatic hydroxyl groups is 1. The standard InChI is InChI=1S/C12H24OS/c1-10(2)14-9-12(13)11-7-5-3-4-6-8-11/h10-13H,3-9H2,1-2H3. The van der Waals surface area contributed by atoms with Gasteiger partial charge in [0.25, 0.3) is 0 Å². The molecule has 0 heterocycles. The molecule has 0 spiro atoms. The zero-order valence-electron chi connectivity index (χ0n) is 9.54. The second kappa shape index (κ2) is 6.73. The number of aliphatic hydroxyl groups excluding tert-OH is 1. The van der Waals surface area contributed by atoms with Gasteiger partial charge in [0.15, 0.2) is 0 Å². The smallest absolute Gasteiger partial charge is 0.0658 e. The normalized spacial score (nSPS) is 22.3. The Kier molecular flexibility index (Phi) is 5.95. The summed E-state index contributed by atoms with van der Waals surface area (Å²) < 4.78 is 0. The van der Waals surface area contributed by atoms with Gasteiger partial charge in [0.1, 0.15) is 0 Å². The van der Waals surface area contributed by atoms with Gasteiger partial charge < -0.3 is 5.11 Å². The van der Waals surface area contributed by atoms with Crippen LogP contribution in [0.5, 0.6) is 0 Å². The fourth-order valence-electron chi connectivity index (χ4n) is 2.12. The van der Waals surface area contributed by atoms with E-state index in [1.165, 1.54) is 38.5 Å². The molecule has 0 bridgehead atoms. The van der Waals surface area contributed by atoms with Crippen molar-refractivity contribution in [3.8, 4) is 0 Å². The summed E-state index contributed by atoms with van der Waals surface area (Å²) in [7, 11) is 0. The maximum Gasteiger partial charge on any atom is 0.0658 e. The SMILES string of the molecule is CC(C)SCC(O)C1CCCCCC1. The third-order valence-electron chi connectivity index (χ3n) is 3.04. The van der Waals surface area contributed by atoms with E-state index in [1.54, 1.807) is 0 Å². The number of hydrogen-bond acceptors (Lipinski definition) is 2. The van der Waals surface area contributed by atoms with Crippen molar-refractivity contribution < 1.29 is 5.11 Å². The summed E-state index contributed by atoms with van der Waals surface area (Å²) in [5.74, 6) is 1.52. The highest BCUT2D eigenvalue weighted by atomic mass is 32.2. The van der Waals surface area contributed by atoms with Gasteiger partial charge in [-0.3, -0.25) is 0 Å². The molecule has 1 saturated carbocycles. The Morgan fingerprint density at radius 2 is 1.71 bits per heavy atom. The molecule has 0 radical (unpaired) electrons. The van der Waals surface area contributed by atoms with E-state index in [1.807, 2.05) is 11.8 Å². The Morgan fingerprint density at radius 3 is 2.21 bits per heavy atom. The van der Waals surface area contributed by atoms with Crippen molar-refractivity contribution >= 4 is 11.8 Å². The summed E-state index contributed by atoms with van der Waals surface area (Å²) in [6.45, 7) is 4.40. The molecule has 1 aliphatic carbocycles. The van der Waals surface area contributed by atoms with E-state index in [2.05, 4.69) is 13.8 Å². The van der Waals surface area contributed by atoms with Gasteiger partial charge in [-0.2, -0.15) is 11.8 Å². The van der Waals surface area contributed by atoms with Gasteiger partial charge in [-0.1, -0.05) is 39.5 Å². The highest BCUT2D eigenvalue weighted by molar-refractivity contribution is 7.99. The molecule has 1 unspecified atom stereocenters. The van der Waals surface area contributed by atoms with Gasteiger partial charge in [-0.25, -0.2) is 0 Å². The molecular weight excluding hydrogens is 192 g/mol. The highest BCUT2D eigenvalue weighted by Gasteiger charge is 2.20. The van der Waals surface area contributed by atoms with Crippen LogP contribution in [0.15, 0.2) is 0 Å². The third kappa shape index (κ3) is 4.70. The zero-order valence-corrected chi connectivity index (χ0v) is 10.4. The van der Waals surface area contributed by atoms with E-state index in [0.29, 0.717) is 11.2 Å². The molecule has 0 aromatic heterocycles. The molecule has 1 fully saturated rings. The summed E-state index contributed by atoms with van der Waals surface area (Å²) in [6, 6.07) is 0. The molecule has 1 rings (SSSR count). The molecule has 1 nitrogen and oxygen atoms in total. The van der Waals surface area contributed by atoms with E-state index in [4.69, 9.17) is 0 Å². The van der Waals surface area contributed by atoms with Gasteiger partial charge in [0, 0.05) is 5.75 Å².